The highest BCUT2D eigenvalue weighted by Gasteiger charge is 2.47. The number of hydrogen-bond donors (Lipinski definition) is 2. The first-order chi connectivity index (χ1) is 14.0. The van der Waals surface area contributed by atoms with Crippen LogP contribution in [0.2, 0.25) is 0 Å². The summed E-state index contributed by atoms with van der Waals surface area (Å²) < 4.78 is 0. The van der Waals surface area contributed by atoms with Crippen LogP contribution >= 0.6 is 11.8 Å². The molecule has 0 aliphatic carbocycles. The summed E-state index contributed by atoms with van der Waals surface area (Å²) in [5.41, 5.74) is 0.110. The SMILES string of the molecule is C[C@@]1(CCc2ccccc2)NC(=O)N(CC(=O)NCCSc2ccccc2)C1=O. The molecule has 7 heteroatoms. The van der Waals surface area contributed by atoms with Crippen LogP contribution < -0.4 is 10.6 Å². The van der Waals surface area contributed by atoms with Crippen molar-refractivity contribution in [1.29, 1.82) is 0 Å². The van der Waals surface area contributed by atoms with E-state index in [9.17, 15) is 14.4 Å². The predicted molar refractivity (Wildman–Crippen MR) is 114 cm³/mol. The van der Waals surface area contributed by atoms with Crippen molar-refractivity contribution in [2.24, 2.45) is 0 Å². The Labute approximate surface area is 175 Å². The molecule has 1 atom stereocenters. The Morgan fingerprint density at radius 3 is 2.41 bits per heavy atom. The van der Waals surface area contributed by atoms with E-state index in [0.717, 1.165) is 15.4 Å². The van der Waals surface area contributed by atoms with Gasteiger partial charge in [-0.3, -0.25) is 14.5 Å². The van der Waals surface area contributed by atoms with E-state index in [4.69, 9.17) is 0 Å². The van der Waals surface area contributed by atoms with Crippen LogP contribution in [0.25, 0.3) is 0 Å². The first kappa shape index (κ1) is 20.9. The van der Waals surface area contributed by atoms with Crippen LogP contribution in [0, 0.1) is 0 Å². The van der Waals surface area contributed by atoms with Crippen LogP contribution in [-0.4, -0.2) is 47.1 Å². The molecule has 1 heterocycles. The van der Waals surface area contributed by atoms with Crippen molar-refractivity contribution < 1.29 is 14.4 Å². The summed E-state index contributed by atoms with van der Waals surface area (Å²) in [4.78, 5) is 39.4. The molecule has 1 fully saturated rings. The fraction of sp³-hybridized carbons (Fsp3) is 0.318. The molecule has 0 radical (unpaired) electrons. The molecule has 4 amide bonds. The number of benzene rings is 2. The zero-order valence-electron chi connectivity index (χ0n) is 16.4. The number of nitrogens with one attached hydrogen (secondary N) is 2. The van der Waals surface area contributed by atoms with Gasteiger partial charge in [0.15, 0.2) is 0 Å². The minimum Gasteiger partial charge on any atom is -0.354 e. The van der Waals surface area contributed by atoms with Crippen molar-refractivity contribution in [3.63, 3.8) is 0 Å². The number of urea groups is 1. The molecule has 0 spiro atoms. The molecule has 1 aliphatic rings. The first-order valence-corrected chi connectivity index (χ1v) is 10.6. The summed E-state index contributed by atoms with van der Waals surface area (Å²) in [7, 11) is 0. The quantitative estimate of drug-likeness (QED) is 0.378. The molecule has 2 aromatic rings. The Kier molecular flexibility index (Phi) is 6.93. The Hall–Kier alpha value is -2.80. The van der Waals surface area contributed by atoms with Gasteiger partial charge in [0, 0.05) is 17.2 Å². The molecule has 152 valence electrons. The van der Waals surface area contributed by atoms with Gasteiger partial charge in [-0.05, 0) is 37.5 Å². The molecule has 0 unspecified atom stereocenters. The van der Waals surface area contributed by atoms with Gasteiger partial charge in [0.05, 0.1) is 0 Å². The second kappa shape index (κ2) is 9.60. The Balaban J connectivity index is 1.45. The van der Waals surface area contributed by atoms with E-state index in [1.807, 2.05) is 60.7 Å². The van der Waals surface area contributed by atoms with E-state index in [-0.39, 0.29) is 18.4 Å². The van der Waals surface area contributed by atoms with Gasteiger partial charge in [-0.1, -0.05) is 48.5 Å². The van der Waals surface area contributed by atoms with Crippen LogP contribution in [-0.2, 0) is 16.0 Å². The molecule has 0 bridgehead atoms. The second-order valence-corrected chi connectivity index (χ2v) is 8.32. The van der Waals surface area contributed by atoms with Gasteiger partial charge in [0.25, 0.3) is 5.91 Å². The molecule has 3 rings (SSSR count). The number of imide groups is 1. The average molecular weight is 412 g/mol. The van der Waals surface area contributed by atoms with Crippen molar-refractivity contribution in [3.05, 3.63) is 66.2 Å². The molecular formula is C22H25N3O3S. The van der Waals surface area contributed by atoms with Gasteiger partial charge in [-0.2, -0.15) is 0 Å². The molecular weight excluding hydrogens is 386 g/mol. The Morgan fingerprint density at radius 2 is 1.72 bits per heavy atom. The number of amides is 4. The lowest BCUT2D eigenvalue weighted by Crippen LogP contribution is -2.45. The number of rotatable bonds is 9. The highest BCUT2D eigenvalue weighted by molar-refractivity contribution is 7.99. The standard InChI is InChI=1S/C22H25N3O3S/c1-22(13-12-17-8-4-2-5-9-17)20(27)25(21(28)24-22)16-19(26)23-14-15-29-18-10-6-3-7-11-18/h2-11H,12-16H2,1H3,(H,23,26)(H,24,28)/t22-/m0/s1. The zero-order valence-corrected chi connectivity index (χ0v) is 17.2. The van der Waals surface area contributed by atoms with E-state index in [1.54, 1.807) is 18.7 Å². The third kappa shape index (κ3) is 5.60. The van der Waals surface area contributed by atoms with Gasteiger partial charge in [0.2, 0.25) is 5.91 Å². The van der Waals surface area contributed by atoms with E-state index < -0.39 is 11.6 Å². The average Bonchev–Trinajstić information content (AvgIpc) is 2.95. The maximum Gasteiger partial charge on any atom is 0.325 e. The first-order valence-electron chi connectivity index (χ1n) is 9.60. The summed E-state index contributed by atoms with van der Waals surface area (Å²) in [5, 5.41) is 5.52. The summed E-state index contributed by atoms with van der Waals surface area (Å²) >= 11 is 1.64. The normalized spacial score (nSPS) is 18.6. The molecule has 6 nitrogen and oxygen atoms in total. The zero-order chi connectivity index (χ0) is 20.7. The molecule has 2 aromatic carbocycles. The maximum absolute atomic E-state index is 12.8. The highest BCUT2D eigenvalue weighted by atomic mass is 32.2. The summed E-state index contributed by atoms with van der Waals surface area (Å²) in [5.74, 6) is 0.0201. The lowest BCUT2D eigenvalue weighted by Gasteiger charge is -2.21. The van der Waals surface area contributed by atoms with Crippen molar-refractivity contribution in [2.45, 2.75) is 30.2 Å². The predicted octanol–water partition coefficient (Wildman–Crippen LogP) is 2.84. The van der Waals surface area contributed by atoms with Gasteiger partial charge < -0.3 is 10.6 Å². The van der Waals surface area contributed by atoms with Gasteiger partial charge in [-0.15, -0.1) is 11.8 Å². The lowest BCUT2D eigenvalue weighted by atomic mass is 9.93. The van der Waals surface area contributed by atoms with Gasteiger partial charge in [-0.25, -0.2) is 4.79 Å². The number of carbonyl (C=O) groups excluding carboxylic acids is 3. The van der Waals surface area contributed by atoms with Crippen molar-refractivity contribution in [1.82, 2.24) is 15.5 Å². The van der Waals surface area contributed by atoms with Crippen molar-refractivity contribution in [2.75, 3.05) is 18.8 Å². The van der Waals surface area contributed by atoms with Crippen LogP contribution in [0.1, 0.15) is 18.9 Å². The van der Waals surface area contributed by atoms with Gasteiger partial charge in [0.1, 0.15) is 12.1 Å². The highest BCUT2D eigenvalue weighted by Crippen LogP contribution is 2.23. The van der Waals surface area contributed by atoms with E-state index in [0.29, 0.717) is 25.1 Å². The minimum absolute atomic E-state index is 0.262. The molecule has 2 N–H and O–H groups in total. The molecule has 1 aliphatic heterocycles. The topological polar surface area (TPSA) is 78.5 Å². The minimum atomic E-state index is -0.990. The fourth-order valence-electron chi connectivity index (χ4n) is 3.17. The Morgan fingerprint density at radius 1 is 1.07 bits per heavy atom. The number of nitrogens with zero attached hydrogens (tertiary/aromatic N) is 1. The summed E-state index contributed by atoms with van der Waals surface area (Å²) in [6, 6.07) is 19.2. The Bertz CT molecular complexity index is 860. The van der Waals surface area contributed by atoms with Crippen molar-refractivity contribution in [3.8, 4) is 0 Å². The molecule has 1 saturated heterocycles. The largest absolute Gasteiger partial charge is 0.354 e. The fourth-order valence-corrected chi connectivity index (χ4v) is 3.96. The third-order valence-corrected chi connectivity index (χ3v) is 5.85. The number of thioether (sulfide) groups is 1. The third-order valence-electron chi connectivity index (χ3n) is 4.84. The van der Waals surface area contributed by atoms with Crippen LogP contribution in [0.5, 0.6) is 0 Å². The molecule has 29 heavy (non-hydrogen) atoms. The number of aryl methyl sites for hydroxylation is 1. The summed E-state index contributed by atoms with van der Waals surface area (Å²) in [6.45, 7) is 1.92. The van der Waals surface area contributed by atoms with Crippen molar-refractivity contribution >= 4 is 29.6 Å². The number of carbonyl (C=O) groups is 3. The van der Waals surface area contributed by atoms with Crippen LogP contribution in [0.15, 0.2) is 65.6 Å². The lowest BCUT2D eigenvalue weighted by molar-refractivity contribution is -0.134. The van der Waals surface area contributed by atoms with E-state index in [2.05, 4.69) is 10.6 Å². The van der Waals surface area contributed by atoms with Crippen LogP contribution in [0.3, 0.4) is 0 Å². The van der Waals surface area contributed by atoms with E-state index >= 15 is 0 Å². The second-order valence-electron chi connectivity index (χ2n) is 7.15. The number of hydrogen-bond acceptors (Lipinski definition) is 4. The monoisotopic (exact) mass is 411 g/mol. The van der Waals surface area contributed by atoms with Gasteiger partial charge >= 0.3 is 6.03 Å². The maximum atomic E-state index is 12.8. The van der Waals surface area contributed by atoms with E-state index in [1.165, 1.54) is 0 Å². The molecule has 0 saturated carbocycles. The summed E-state index contributed by atoms with van der Waals surface area (Å²) in [6.07, 6.45) is 1.15. The van der Waals surface area contributed by atoms with Crippen LogP contribution in [0.4, 0.5) is 4.79 Å². The molecule has 0 aromatic heterocycles. The smallest absolute Gasteiger partial charge is 0.325 e.